The molecule has 1 aliphatic rings. The zero-order valence-corrected chi connectivity index (χ0v) is 18.2. The van der Waals surface area contributed by atoms with E-state index in [0.29, 0.717) is 38.3 Å². The minimum Gasteiger partial charge on any atom is -0.343 e. The van der Waals surface area contributed by atoms with Crippen LogP contribution in [0, 0.1) is 6.92 Å². The Hall–Kier alpha value is -3.19. The summed E-state index contributed by atoms with van der Waals surface area (Å²) in [7, 11) is 0. The first-order valence-electron chi connectivity index (χ1n) is 10.8. The predicted molar refractivity (Wildman–Crippen MR) is 120 cm³/mol. The zero-order valence-electron chi connectivity index (χ0n) is 18.2. The number of piperazine rings is 1. The first kappa shape index (κ1) is 22.5. The molecule has 1 heterocycles. The van der Waals surface area contributed by atoms with Crippen molar-refractivity contribution in [1.82, 2.24) is 10.2 Å². The fourth-order valence-corrected chi connectivity index (χ4v) is 3.78. The van der Waals surface area contributed by atoms with E-state index in [1.165, 1.54) is 0 Å². The molecule has 3 N–H and O–H groups in total. The second-order valence-corrected chi connectivity index (χ2v) is 7.92. The number of nitrogens with one attached hydrogen (secondary N) is 3. The average Bonchev–Trinajstić information content (AvgIpc) is 2.78. The number of amides is 3. The van der Waals surface area contributed by atoms with E-state index in [4.69, 9.17) is 0 Å². The van der Waals surface area contributed by atoms with Crippen LogP contribution < -0.4 is 15.5 Å². The average molecular weight is 424 g/mol. The van der Waals surface area contributed by atoms with Crippen LogP contribution in [-0.4, -0.2) is 61.9 Å². The number of anilines is 1. The smallest absolute Gasteiger partial charge is 0.279 e. The van der Waals surface area contributed by atoms with Crippen molar-refractivity contribution in [2.75, 3.05) is 44.6 Å². The van der Waals surface area contributed by atoms with Gasteiger partial charge in [0, 0.05) is 11.3 Å². The fraction of sp³-hybridized carbons (Fsp3) is 0.375. The van der Waals surface area contributed by atoms with Crippen LogP contribution in [0.2, 0.25) is 0 Å². The third kappa shape index (κ3) is 6.39. The maximum atomic E-state index is 12.5. The van der Waals surface area contributed by atoms with E-state index in [1.54, 1.807) is 17.0 Å². The summed E-state index contributed by atoms with van der Waals surface area (Å²) in [6.45, 7) is 6.92. The van der Waals surface area contributed by atoms with Crippen molar-refractivity contribution < 1.29 is 19.3 Å². The van der Waals surface area contributed by atoms with Gasteiger partial charge in [0.25, 0.3) is 11.8 Å². The lowest BCUT2D eigenvalue weighted by Gasteiger charge is -2.32. The molecule has 0 atom stereocenters. The van der Waals surface area contributed by atoms with E-state index in [0.717, 1.165) is 28.1 Å². The molecule has 7 nitrogen and oxygen atoms in total. The van der Waals surface area contributed by atoms with Crippen LogP contribution >= 0.6 is 0 Å². The molecule has 7 heteroatoms. The lowest BCUT2D eigenvalue weighted by molar-refractivity contribution is -0.895. The first-order chi connectivity index (χ1) is 15.0. The van der Waals surface area contributed by atoms with Gasteiger partial charge in [-0.1, -0.05) is 42.8 Å². The summed E-state index contributed by atoms with van der Waals surface area (Å²) in [4.78, 5) is 40.0. The lowest BCUT2D eigenvalue weighted by atomic mass is 10.1. The number of hydrogen-bond acceptors (Lipinski definition) is 3. The second kappa shape index (κ2) is 10.7. The van der Waals surface area contributed by atoms with Crippen LogP contribution in [0.3, 0.4) is 0 Å². The molecule has 0 unspecified atom stereocenters. The highest BCUT2D eigenvalue weighted by Gasteiger charge is 2.25. The van der Waals surface area contributed by atoms with E-state index in [9.17, 15) is 14.4 Å². The Morgan fingerprint density at radius 3 is 2.48 bits per heavy atom. The molecule has 0 saturated carbocycles. The maximum Gasteiger partial charge on any atom is 0.279 e. The number of benzene rings is 2. The van der Waals surface area contributed by atoms with Gasteiger partial charge in [-0.25, -0.2) is 0 Å². The Labute approximate surface area is 183 Å². The van der Waals surface area contributed by atoms with Gasteiger partial charge in [-0.3, -0.25) is 14.4 Å². The molecule has 1 fully saturated rings. The SMILES string of the molecule is CCc1ccccc1NC(=O)C[NH+]1CCN(C(=O)CNC(=O)c2cccc(C)c2)CC1. The molecule has 1 aliphatic heterocycles. The molecule has 31 heavy (non-hydrogen) atoms. The van der Waals surface area contributed by atoms with Gasteiger partial charge in [0.15, 0.2) is 6.54 Å². The van der Waals surface area contributed by atoms with Crippen LogP contribution in [0.5, 0.6) is 0 Å². The molecule has 0 bridgehead atoms. The van der Waals surface area contributed by atoms with Gasteiger partial charge in [-0.05, 0) is 37.1 Å². The van der Waals surface area contributed by atoms with Gasteiger partial charge in [0.1, 0.15) is 0 Å². The van der Waals surface area contributed by atoms with Crippen molar-refractivity contribution in [3.8, 4) is 0 Å². The molecule has 0 radical (unpaired) electrons. The highest BCUT2D eigenvalue weighted by atomic mass is 16.2. The van der Waals surface area contributed by atoms with Crippen molar-refractivity contribution in [2.24, 2.45) is 0 Å². The van der Waals surface area contributed by atoms with Crippen LogP contribution in [0.4, 0.5) is 5.69 Å². The van der Waals surface area contributed by atoms with E-state index in [1.807, 2.05) is 43.3 Å². The predicted octanol–water partition coefficient (Wildman–Crippen LogP) is 0.653. The van der Waals surface area contributed by atoms with E-state index < -0.39 is 0 Å². The Kier molecular flexibility index (Phi) is 7.78. The number of para-hydroxylation sites is 1. The van der Waals surface area contributed by atoms with Gasteiger partial charge < -0.3 is 20.4 Å². The Morgan fingerprint density at radius 2 is 1.77 bits per heavy atom. The van der Waals surface area contributed by atoms with Crippen molar-refractivity contribution in [2.45, 2.75) is 20.3 Å². The summed E-state index contributed by atoms with van der Waals surface area (Å²) < 4.78 is 0. The molecule has 2 aromatic rings. The van der Waals surface area contributed by atoms with Gasteiger partial charge in [0.2, 0.25) is 5.91 Å². The number of aryl methyl sites for hydroxylation is 2. The standard InChI is InChI=1S/C24H30N4O3/c1-3-19-8-4-5-10-21(19)26-22(29)17-27-11-13-28(14-12-27)23(30)16-25-24(31)20-9-6-7-18(2)15-20/h4-10,15H,3,11-14,16-17H2,1-2H3,(H,25,31)(H,26,29)/p+1. The topological polar surface area (TPSA) is 82.9 Å². The Balaban J connectivity index is 1.41. The molecule has 3 amide bonds. The van der Waals surface area contributed by atoms with E-state index in [2.05, 4.69) is 17.6 Å². The summed E-state index contributed by atoms with van der Waals surface area (Å²) in [6, 6.07) is 15.1. The molecule has 0 aromatic heterocycles. The maximum absolute atomic E-state index is 12.5. The van der Waals surface area contributed by atoms with Gasteiger partial charge in [-0.15, -0.1) is 0 Å². The van der Waals surface area contributed by atoms with Gasteiger partial charge >= 0.3 is 0 Å². The molecule has 3 rings (SSSR count). The van der Waals surface area contributed by atoms with Crippen molar-refractivity contribution >= 4 is 23.4 Å². The van der Waals surface area contributed by atoms with E-state index >= 15 is 0 Å². The Bertz CT molecular complexity index is 936. The number of carbonyl (C=O) groups excluding carboxylic acids is 3. The number of nitrogens with zero attached hydrogens (tertiary/aromatic N) is 1. The van der Waals surface area contributed by atoms with Crippen LogP contribution in [0.15, 0.2) is 48.5 Å². The molecular formula is C24H31N4O3+. The van der Waals surface area contributed by atoms with E-state index in [-0.39, 0.29) is 24.3 Å². The number of hydrogen-bond donors (Lipinski definition) is 3. The van der Waals surface area contributed by atoms with Crippen molar-refractivity contribution in [3.05, 3.63) is 65.2 Å². The normalized spacial score (nSPS) is 14.2. The summed E-state index contributed by atoms with van der Waals surface area (Å²) in [6.07, 6.45) is 0.866. The molecule has 0 aliphatic carbocycles. The van der Waals surface area contributed by atoms with Gasteiger partial charge in [0.05, 0.1) is 32.7 Å². The first-order valence-corrected chi connectivity index (χ1v) is 10.8. The molecule has 1 saturated heterocycles. The Morgan fingerprint density at radius 1 is 1.03 bits per heavy atom. The van der Waals surface area contributed by atoms with Crippen molar-refractivity contribution in [3.63, 3.8) is 0 Å². The highest BCUT2D eigenvalue weighted by Crippen LogP contribution is 2.14. The number of rotatable bonds is 7. The highest BCUT2D eigenvalue weighted by molar-refractivity contribution is 5.96. The summed E-state index contributed by atoms with van der Waals surface area (Å²) >= 11 is 0. The van der Waals surface area contributed by atoms with Crippen LogP contribution in [0.25, 0.3) is 0 Å². The summed E-state index contributed by atoms with van der Waals surface area (Å²) in [5.74, 6) is -0.354. The zero-order chi connectivity index (χ0) is 22.2. The molecular weight excluding hydrogens is 392 g/mol. The quantitative estimate of drug-likeness (QED) is 0.612. The van der Waals surface area contributed by atoms with Gasteiger partial charge in [-0.2, -0.15) is 0 Å². The second-order valence-electron chi connectivity index (χ2n) is 7.92. The van der Waals surface area contributed by atoms with Crippen molar-refractivity contribution in [1.29, 1.82) is 0 Å². The largest absolute Gasteiger partial charge is 0.343 e. The third-order valence-corrected chi connectivity index (χ3v) is 5.59. The summed E-state index contributed by atoms with van der Waals surface area (Å²) in [5, 5.41) is 5.71. The number of quaternary nitrogens is 1. The fourth-order valence-electron chi connectivity index (χ4n) is 3.78. The monoisotopic (exact) mass is 423 g/mol. The third-order valence-electron chi connectivity index (χ3n) is 5.59. The summed E-state index contributed by atoms with van der Waals surface area (Å²) in [5.41, 5.74) is 3.54. The minimum atomic E-state index is -0.245. The van der Waals surface area contributed by atoms with Crippen LogP contribution in [0.1, 0.15) is 28.4 Å². The molecule has 0 spiro atoms. The lowest BCUT2D eigenvalue weighted by Crippen LogP contribution is -3.15. The molecule has 164 valence electrons. The number of carbonyl (C=O) groups is 3. The van der Waals surface area contributed by atoms with Crippen LogP contribution in [-0.2, 0) is 16.0 Å². The molecule has 2 aromatic carbocycles. The minimum absolute atomic E-state index is 0.0129.